The summed E-state index contributed by atoms with van der Waals surface area (Å²) in [4.78, 5) is 6.74. The zero-order chi connectivity index (χ0) is 18.5. The van der Waals surface area contributed by atoms with Crippen LogP contribution in [-0.4, -0.2) is 89.9 Å². The Kier molecular flexibility index (Phi) is 11.0. The van der Waals surface area contributed by atoms with E-state index >= 15 is 0 Å². The van der Waals surface area contributed by atoms with E-state index in [2.05, 4.69) is 15.2 Å². The van der Waals surface area contributed by atoms with Gasteiger partial charge in [0.25, 0.3) is 0 Å². The van der Waals surface area contributed by atoms with E-state index in [4.69, 9.17) is 18.9 Å². The first-order valence-electron chi connectivity index (χ1n) is 10.1. The van der Waals surface area contributed by atoms with Crippen molar-refractivity contribution in [3.8, 4) is 0 Å². The average molecular weight is 372 g/mol. The van der Waals surface area contributed by atoms with E-state index in [1.807, 2.05) is 7.05 Å². The van der Waals surface area contributed by atoms with Crippen LogP contribution in [0.1, 0.15) is 38.5 Å². The fraction of sp³-hybridized carbons (Fsp3) is 0.947. The van der Waals surface area contributed by atoms with Crippen LogP contribution in [0.3, 0.4) is 0 Å². The minimum atomic E-state index is 0.308. The number of hydrogen-bond acceptors (Lipinski definition) is 5. The summed E-state index contributed by atoms with van der Waals surface area (Å²) in [6.45, 7) is 6.54. The number of methoxy groups -OCH3 is 1. The molecular formula is C19H37N3O4. The molecular weight excluding hydrogens is 334 g/mol. The molecule has 0 spiro atoms. The highest BCUT2D eigenvalue weighted by atomic mass is 16.5. The van der Waals surface area contributed by atoms with Gasteiger partial charge in [-0.15, -0.1) is 0 Å². The Hall–Kier alpha value is -0.890. The summed E-state index contributed by atoms with van der Waals surface area (Å²) in [5.74, 6) is 0.982. The van der Waals surface area contributed by atoms with Crippen LogP contribution in [0.15, 0.2) is 4.99 Å². The van der Waals surface area contributed by atoms with Crippen molar-refractivity contribution in [3.05, 3.63) is 0 Å². The van der Waals surface area contributed by atoms with Crippen LogP contribution in [0.4, 0.5) is 0 Å². The molecule has 1 unspecified atom stereocenters. The highest BCUT2D eigenvalue weighted by Crippen LogP contribution is 2.17. The third-order valence-electron chi connectivity index (χ3n) is 4.93. The Balaban J connectivity index is 1.55. The van der Waals surface area contributed by atoms with Gasteiger partial charge in [0.1, 0.15) is 0 Å². The molecule has 7 heteroatoms. The Morgan fingerprint density at radius 1 is 1.15 bits per heavy atom. The molecule has 1 N–H and O–H groups in total. The summed E-state index contributed by atoms with van der Waals surface area (Å²) in [6, 6.07) is 0. The van der Waals surface area contributed by atoms with E-state index in [9.17, 15) is 0 Å². The van der Waals surface area contributed by atoms with E-state index < -0.39 is 0 Å². The molecule has 1 atom stereocenters. The number of hydrogen-bond donors (Lipinski definition) is 1. The number of guanidine groups is 1. The van der Waals surface area contributed by atoms with Crippen LogP contribution in [0, 0.1) is 0 Å². The van der Waals surface area contributed by atoms with Crippen molar-refractivity contribution in [1.82, 2.24) is 10.2 Å². The smallest absolute Gasteiger partial charge is 0.193 e. The van der Waals surface area contributed by atoms with Crippen molar-refractivity contribution < 1.29 is 18.9 Å². The third-order valence-corrected chi connectivity index (χ3v) is 4.93. The van der Waals surface area contributed by atoms with E-state index in [0.717, 1.165) is 71.1 Å². The molecule has 2 heterocycles. The van der Waals surface area contributed by atoms with Gasteiger partial charge in [-0.1, -0.05) is 0 Å². The minimum Gasteiger partial charge on any atom is -0.382 e. The highest BCUT2D eigenvalue weighted by Gasteiger charge is 2.23. The highest BCUT2D eigenvalue weighted by molar-refractivity contribution is 5.79. The lowest BCUT2D eigenvalue weighted by Gasteiger charge is -2.35. The predicted molar refractivity (Wildman–Crippen MR) is 103 cm³/mol. The van der Waals surface area contributed by atoms with Gasteiger partial charge in [0.2, 0.25) is 0 Å². The molecule has 0 aliphatic carbocycles. The maximum atomic E-state index is 6.09. The topological polar surface area (TPSA) is 64.6 Å². The first-order chi connectivity index (χ1) is 12.8. The molecule has 0 aromatic carbocycles. The lowest BCUT2D eigenvalue weighted by molar-refractivity contribution is -0.0721. The summed E-state index contributed by atoms with van der Waals surface area (Å²) in [5.41, 5.74) is 0. The first kappa shape index (κ1) is 21.4. The predicted octanol–water partition coefficient (Wildman–Crippen LogP) is 1.67. The lowest BCUT2D eigenvalue weighted by atomic mass is 10.1. The van der Waals surface area contributed by atoms with Crippen molar-refractivity contribution in [2.75, 3.05) is 66.8 Å². The van der Waals surface area contributed by atoms with E-state index in [-0.39, 0.29) is 0 Å². The Morgan fingerprint density at radius 3 is 2.69 bits per heavy atom. The molecule has 2 aliphatic heterocycles. The molecule has 0 radical (unpaired) electrons. The molecule has 0 aromatic heterocycles. The summed E-state index contributed by atoms with van der Waals surface area (Å²) in [6.07, 6.45) is 7.33. The molecule has 26 heavy (non-hydrogen) atoms. The molecule has 0 aromatic rings. The second-order valence-electron chi connectivity index (χ2n) is 6.94. The third kappa shape index (κ3) is 8.20. The molecule has 0 amide bonds. The number of nitrogens with one attached hydrogen (secondary N) is 1. The van der Waals surface area contributed by atoms with Gasteiger partial charge in [-0.25, -0.2) is 0 Å². The summed E-state index contributed by atoms with van der Waals surface area (Å²) < 4.78 is 22.3. The normalized spacial score (nSPS) is 22.6. The van der Waals surface area contributed by atoms with E-state index in [0.29, 0.717) is 25.4 Å². The van der Waals surface area contributed by atoms with Crippen LogP contribution in [0.25, 0.3) is 0 Å². The summed E-state index contributed by atoms with van der Waals surface area (Å²) in [5, 5.41) is 3.43. The van der Waals surface area contributed by atoms with Crippen molar-refractivity contribution in [2.24, 2.45) is 4.99 Å². The first-order valence-corrected chi connectivity index (χ1v) is 10.1. The van der Waals surface area contributed by atoms with Crippen LogP contribution < -0.4 is 5.32 Å². The monoisotopic (exact) mass is 371 g/mol. The Morgan fingerprint density at radius 2 is 2.00 bits per heavy atom. The SMILES string of the molecule is CN=C(NCCCOCCOC)N1CCC(OCC2CCCCO2)CC1. The van der Waals surface area contributed by atoms with Gasteiger partial charge < -0.3 is 29.2 Å². The zero-order valence-corrected chi connectivity index (χ0v) is 16.6. The maximum Gasteiger partial charge on any atom is 0.193 e. The zero-order valence-electron chi connectivity index (χ0n) is 16.6. The molecule has 2 rings (SSSR count). The van der Waals surface area contributed by atoms with Gasteiger partial charge in [0.15, 0.2) is 5.96 Å². The quantitative estimate of drug-likeness (QED) is 0.358. The van der Waals surface area contributed by atoms with Gasteiger partial charge in [-0.2, -0.15) is 0 Å². The number of piperidine rings is 1. The van der Waals surface area contributed by atoms with Crippen LogP contribution in [0.5, 0.6) is 0 Å². The second-order valence-corrected chi connectivity index (χ2v) is 6.94. The molecule has 2 fully saturated rings. The van der Waals surface area contributed by atoms with Crippen LogP contribution in [-0.2, 0) is 18.9 Å². The summed E-state index contributed by atoms with van der Waals surface area (Å²) >= 11 is 0. The lowest BCUT2D eigenvalue weighted by Crippen LogP contribution is -2.47. The van der Waals surface area contributed by atoms with Gasteiger partial charge in [0, 0.05) is 47.0 Å². The van der Waals surface area contributed by atoms with Crippen LogP contribution in [0.2, 0.25) is 0 Å². The molecule has 0 bridgehead atoms. The van der Waals surface area contributed by atoms with E-state index in [1.165, 1.54) is 12.8 Å². The fourth-order valence-corrected chi connectivity index (χ4v) is 3.37. The van der Waals surface area contributed by atoms with Gasteiger partial charge >= 0.3 is 0 Å². The summed E-state index contributed by atoms with van der Waals surface area (Å²) in [7, 11) is 3.54. The Labute approximate surface area is 158 Å². The second kappa shape index (κ2) is 13.3. The maximum absolute atomic E-state index is 6.09. The van der Waals surface area contributed by atoms with Gasteiger partial charge in [-0.05, 0) is 38.5 Å². The van der Waals surface area contributed by atoms with E-state index in [1.54, 1.807) is 7.11 Å². The Bertz CT molecular complexity index is 381. The molecule has 2 saturated heterocycles. The van der Waals surface area contributed by atoms with Gasteiger partial charge in [0.05, 0.1) is 32.0 Å². The van der Waals surface area contributed by atoms with Crippen LogP contribution >= 0.6 is 0 Å². The number of ether oxygens (including phenoxy) is 4. The van der Waals surface area contributed by atoms with Gasteiger partial charge in [-0.3, -0.25) is 4.99 Å². The van der Waals surface area contributed by atoms with Crippen molar-refractivity contribution >= 4 is 5.96 Å². The average Bonchev–Trinajstić information content (AvgIpc) is 2.70. The number of likely N-dealkylation sites (tertiary alicyclic amines) is 1. The molecule has 152 valence electrons. The standard InChI is InChI=1S/C19H37N3O4/c1-20-19(21-9-5-12-24-15-14-23-2)22-10-7-17(8-11-22)26-16-18-6-3-4-13-25-18/h17-18H,3-16H2,1-2H3,(H,20,21). The van der Waals surface area contributed by atoms with Crippen molar-refractivity contribution in [2.45, 2.75) is 50.7 Å². The van der Waals surface area contributed by atoms with Crippen molar-refractivity contribution in [1.29, 1.82) is 0 Å². The molecule has 0 saturated carbocycles. The number of rotatable bonds is 10. The molecule has 2 aliphatic rings. The fourth-order valence-electron chi connectivity index (χ4n) is 3.37. The molecule has 7 nitrogen and oxygen atoms in total. The largest absolute Gasteiger partial charge is 0.382 e. The minimum absolute atomic E-state index is 0.308. The number of aliphatic imine (C=N–C) groups is 1. The van der Waals surface area contributed by atoms with Crippen molar-refractivity contribution in [3.63, 3.8) is 0 Å². The number of nitrogens with zero attached hydrogens (tertiary/aromatic N) is 2.